The van der Waals surface area contributed by atoms with E-state index in [2.05, 4.69) is 19.6 Å². The van der Waals surface area contributed by atoms with Crippen molar-refractivity contribution < 1.29 is 42.0 Å². The Balaban J connectivity index is 1.12. The van der Waals surface area contributed by atoms with Gasteiger partial charge in [-0.2, -0.15) is 0 Å². The molecule has 46 heavy (non-hydrogen) atoms. The third-order valence-electron chi connectivity index (χ3n) is 8.75. The van der Waals surface area contributed by atoms with Crippen molar-refractivity contribution in [2.24, 2.45) is 0 Å². The summed E-state index contributed by atoms with van der Waals surface area (Å²) in [6.45, 7) is 4.50. The van der Waals surface area contributed by atoms with Crippen molar-refractivity contribution in [1.29, 1.82) is 0 Å². The number of carbonyl (C=O) groups is 1. The Labute approximate surface area is 266 Å². The van der Waals surface area contributed by atoms with Crippen LogP contribution in [0.2, 0.25) is 5.02 Å². The monoisotopic (exact) mass is 658 g/mol. The van der Waals surface area contributed by atoms with Gasteiger partial charge in [-0.25, -0.2) is 9.78 Å². The van der Waals surface area contributed by atoms with Crippen LogP contribution in [-0.2, 0) is 23.6 Å². The Morgan fingerprint density at radius 3 is 2.59 bits per heavy atom. The van der Waals surface area contributed by atoms with E-state index in [1.165, 1.54) is 6.07 Å². The minimum Gasteiger partial charge on any atom is -0.478 e. The van der Waals surface area contributed by atoms with Gasteiger partial charge in [-0.05, 0) is 68.6 Å². The largest absolute Gasteiger partial charge is 0.573 e. The second kappa shape index (κ2) is 11.6. The zero-order valence-corrected chi connectivity index (χ0v) is 25.5. The van der Waals surface area contributed by atoms with E-state index in [1.54, 1.807) is 22.9 Å². The number of ether oxygens (including phenoxy) is 4. The van der Waals surface area contributed by atoms with Gasteiger partial charge in [-0.3, -0.25) is 9.88 Å². The van der Waals surface area contributed by atoms with Crippen molar-refractivity contribution in [3.05, 3.63) is 76.3 Å². The molecule has 0 bridgehead atoms. The van der Waals surface area contributed by atoms with Gasteiger partial charge in [0.25, 0.3) is 5.79 Å². The van der Waals surface area contributed by atoms with Gasteiger partial charge in [0.05, 0.1) is 35.3 Å². The predicted molar refractivity (Wildman–Crippen MR) is 159 cm³/mol. The van der Waals surface area contributed by atoms with E-state index < -0.39 is 23.9 Å². The lowest BCUT2D eigenvalue weighted by atomic mass is 9.88. The third-order valence-corrected chi connectivity index (χ3v) is 8.97. The van der Waals surface area contributed by atoms with E-state index in [0.717, 1.165) is 30.9 Å². The van der Waals surface area contributed by atoms with Crippen LogP contribution in [0.15, 0.2) is 48.7 Å². The molecular weight excluding hydrogens is 629 g/mol. The van der Waals surface area contributed by atoms with E-state index >= 15 is 0 Å². The molecule has 2 aromatic heterocycles. The number of fused-ring (bicyclic) bond motifs is 2. The number of pyridine rings is 1. The number of likely N-dealkylation sites (tertiary alicyclic amines) is 1. The van der Waals surface area contributed by atoms with E-state index in [1.807, 2.05) is 25.1 Å². The number of nitrogens with zero attached hydrogens (tertiary/aromatic N) is 4. The summed E-state index contributed by atoms with van der Waals surface area (Å²) in [7, 11) is 0. The number of alkyl halides is 3. The molecule has 3 aliphatic rings. The van der Waals surface area contributed by atoms with Crippen LogP contribution >= 0.6 is 11.6 Å². The molecule has 2 aromatic carbocycles. The number of hydrogen-bond acceptors (Lipinski definition) is 8. The first-order chi connectivity index (χ1) is 22.0. The van der Waals surface area contributed by atoms with Crippen molar-refractivity contribution >= 4 is 28.6 Å². The Bertz CT molecular complexity index is 1790. The maximum absolute atomic E-state index is 13.3. The number of piperidine rings is 1. The van der Waals surface area contributed by atoms with E-state index in [9.17, 15) is 23.1 Å². The van der Waals surface area contributed by atoms with E-state index in [4.69, 9.17) is 25.8 Å². The summed E-state index contributed by atoms with van der Waals surface area (Å²) in [6, 6.07) is 11.6. The number of aromatic carboxylic acids is 1. The lowest BCUT2D eigenvalue weighted by Gasteiger charge is -2.33. The molecule has 2 saturated heterocycles. The number of imidazole rings is 1. The maximum Gasteiger partial charge on any atom is 0.573 e. The summed E-state index contributed by atoms with van der Waals surface area (Å²) >= 11 is 6.02. The molecule has 1 unspecified atom stereocenters. The van der Waals surface area contributed by atoms with Crippen LogP contribution in [0.5, 0.6) is 17.2 Å². The molecule has 0 spiro atoms. The minimum atomic E-state index is -5.01. The van der Waals surface area contributed by atoms with Gasteiger partial charge in [0.15, 0.2) is 17.2 Å². The first-order valence-electron chi connectivity index (χ1n) is 14.9. The quantitative estimate of drug-likeness (QED) is 0.227. The average molecular weight is 659 g/mol. The number of para-hydroxylation sites is 1. The molecule has 3 aliphatic heterocycles. The summed E-state index contributed by atoms with van der Waals surface area (Å²) in [5, 5.41) is 10.1. The topological polar surface area (TPSA) is 108 Å². The number of rotatable bonds is 8. The van der Waals surface area contributed by atoms with Crippen LogP contribution in [-0.4, -0.2) is 62.7 Å². The Morgan fingerprint density at radius 2 is 1.93 bits per heavy atom. The van der Waals surface area contributed by atoms with Crippen molar-refractivity contribution in [2.45, 2.75) is 63.4 Å². The van der Waals surface area contributed by atoms with Gasteiger partial charge < -0.3 is 28.6 Å². The van der Waals surface area contributed by atoms with Crippen LogP contribution in [0.1, 0.15) is 59.5 Å². The fourth-order valence-electron chi connectivity index (χ4n) is 6.34. The van der Waals surface area contributed by atoms with E-state index in [0.29, 0.717) is 60.8 Å². The van der Waals surface area contributed by atoms with Gasteiger partial charge in [-0.15, -0.1) is 13.2 Å². The highest BCUT2D eigenvalue weighted by molar-refractivity contribution is 6.30. The summed E-state index contributed by atoms with van der Waals surface area (Å²) in [4.78, 5) is 23.0. The summed E-state index contributed by atoms with van der Waals surface area (Å²) in [5.41, 5.74) is 1.54. The van der Waals surface area contributed by atoms with Crippen molar-refractivity contribution in [3.8, 4) is 17.2 Å². The number of hydrogen-bond donors (Lipinski definition) is 1. The van der Waals surface area contributed by atoms with Crippen LogP contribution in [0.25, 0.3) is 11.0 Å². The lowest BCUT2D eigenvalue weighted by molar-refractivity contribution is -0.274. The number of benzene rings is 2. The van der Waals surface area contributed by atoms with Crippen LogP contribution < -0.4 is 14.2 Å². The first kappa shape index (κ1) is 30.6. The Kier molecular flexibility index (Phi) is 7.73. The van der Waals surface area contributed by atoms with Gasteiger partial charge in [-0.1, -0.05) is 23.7 Å². The molecular formula is C32H30ClF3N4O6. The molecule has 0 radical (unpaired) electrons. The fourth-order valence-corrected chi connectivity index (χ4v) is 6.45. The highest BCUT2D eigenvalue weighted by Gasteiger charge is 2.42. The number of carboxylic acids is 1. The van der Waals surface area contributed by atoms with Gasteiger partial charge >= 0.3 is 12.3 Å². The van der Waals surface area contributed by atoms with E-state index in [-0.39, 0.29) is 28.6 Å². The standard InChI is InChI=1S/C32H30ClF3N4O6/c1-31(26-6-5-20(33)15-37-26)44-24-4-2-3-22(29(24)46-31)18-7-10-39(11-8-18)17-27-38-28-23(40(27)16-21-9-12-43-21)13-19(30(41)42)14-25(28)45-32(34,35)36/h2-6,13-15,18,21H,7-12,16-17H2,1H3,(H,41,42)/t21-,31?/m0/s1. The average Bonchev–Trinajstić information content (AvgIpc) is 3.52. The summed E-state index contributed by atoms with van der Waals surface area (Å²) in [6.07, 6.45) is -1.21. The third kappa shape index (κ3) is 5.94. The molecule has 5 heterocycles. The molecule has 0 amide bonds. The number of halogens is 4. The molecule has 10 nitrogen and oxygen atoms in total. The Morgan fingerprint density at radius 1 is 1.15 bits per heavy atom. The normalized spacial score (nSPS) is 21.8. The SMILES string of the molecule is CC1(c2ccc(Cl)cn2)Oc2cccc(C3CCN(Cc4nc5c(OC(F)(F)F)cc(C(=O)O)cc5n4C[C@@H]4CCO4)CC3)c2O1. The molecule has 4 aromatic rings. The Hall–Kier alpha value is -4.07. The van der Waals surface area contributed by atoms with Gasteiger partial charge in [0, 0.05) is 25.3 Å². The summed E-state index contributed by atoms with van der Waals surface area (Å²) < 4.78 is 64.2. The van der Waals surface area contributed by atoms with Crippen LogP contribution in [0, 0.1) is 0 Å². The lowest BCUT2D eigenvalue weighted by Crippen LogP contribution is -2.35. The zero-order valence-electron chi connectivity index (χ0n) is 24.7. The molecule has 1 N–H and O–H groups in total. The van der Waals surface area contributed by atoms with Crippen molar-refractivity contribution in [2.75, 3.05) is 19.7 Å². The molecule has 14 heteroatoms. The highest BCUT2D eigenvalue weighted by atomic mass is 35.5. The molecule has 0 saturated carbocycles. The molecule has 0 aliphatic carbocycles. The minimum absolute atomic E-state index is 0.0400. The predicted octanol–water partition coefficient (Wildman–Crippen LogP) is 6.49. The molecule has 7 rings (SSSR count). The fraction of sp³-hybridized carbons (Fsp3) is 0.406. The molecule has 242 valence electrons. The van der Waals surface area contributed by atoms with Gasteiger partial charge in [0.1, 0.15) is 17.0 Å². The zero-order chi connectivity index (χ0) is 32.2. The first-order valence-corrected chi connectivity index (χ1v) is 15.3. The van der Waals surface area contributed by atoms with Crippen molar-refractivity contribution in [3.63, 3.8) is 0 Å². The number of aromatic nitrogens is 3. The van der Waals surface area contributed by atoms with Crippen LogP contribution in [0.4, 0.5) is 13.2 Å². The summed E-state index contributed by atoms with van der Waals surface area (Å²) in [5.74, 6) is -1.07. The molecule has 2 fully saturated rings. The maximum atomic E-state index is 13.3. The number of carboxylic acid groups (broad SMARTS) is 1. The highest BCUT2D eigenvalue weighted by Crippen LogP contribution is 2.49. The smallest absolute Gasteiger partial charge is 0.478 e. The van der Waals surface area contributed by atoms with Crippen molar-refractivity contribution in [1.82, 2.24) is 19.4 Å². The second-order valence-corrected chi connectivity index (χ2v) is 12.3. The second-order valence-electron chi connectivity index (χ2n) is 11.9. The van der Waals surface area contributed by atoms with Crippen LogP contribution in [0.3, 0.4) is 0 Å². The van der Waals surface area contributed by atoms with Gasteiger partial charge in [0.2, 0.25) is 0 Å². The molecule has 2 atom stereocenters.